The first-order valence-electron chi connectivity index (χ1n) is 8.00. The largest absolute Gasteiger partial charge is 0.449 e. The van der Waals surface area contributed by atoms with Gasteiger partial charge in [0, 0.05) is 6.42 Å². The average molecular weight is 440 g/mol. The Kier molecular flexibility index (Phi) is 5.26. The van der Waals surface area contributed by atoms with Gasteiger partial charge in [0.1, 0.15) is 0 Å². The van der Waals surface area contributed by atoms with Crippen molar-refractivity contribution in [3.05, 3.63) is 0 Å². The molecule has 1 saturated carbocycles. The summed E-state index contributed by atoms with van der Waals surface area (Å²) in [7, 11) is 0. The van der Waals surface area contributed by atoms with Crippen LogP contribution in [0.3, 0.4) is 0 Å². The minimum atomic E-state index is -6.79. The molecule has 0 aromatic heterocycles. The van der Waals surface area contributed by atoms with Gasteiger partial charge in [-0.15, -0.1) is 0 Å². The zero-order chi connectivity index (χ0) is 22.0. The molecular formula is C14H15F11O3. The van der Waals surface area contributed by atoms with E-state index in [1.807, 2.05) is 0 Å². The maximum atomic E-state index is 14.2. The molecule has 2 N–H and O–H groups in total. The SMILES string of the molecule is OC1(C(F)(F)F)CC(C2CCCCC2)(C(F)(F)F)OC(O)(C(F)(F)F)C1(F)F. The normalized spacial score (nSPS) is 38.5. The molecule has 1 aliphatic carbocycles. The van der Waals surface area contributed by atoms with Crippen LogP contribution in [0, 0.1) is 5.92 Å². The summed E-state index contributed by atoms with van der Waals surface area (Å²) in [6.07, 6.45) is -23.4. The number of hydrogen-bond acceptors (Lipinski definition) is 3. The summed E-state index contributed by atoms with van der Waals surface area (Å²) >= 11 is 0. The molecule has 2 fully saturated rings. The number of ether oxygens (including phenoxy) is 1. The van der Waals surface area contributed by atoms with Gasteiger partial charge in [0.2, 0.25) is 5.60 Å². The highest BCUT2D eigenvalue weighted by molar-refractivity contribution is 5.19. The molecule has 0 radical (unpaired) electrons. The summed E-state index contributed by atoms with van der Waals surface area (Å²) in [5.74, 6) is -14.9. The lowest BCUT2D eigenvalue weighted by Crippen LogP contribution is -2.82. The first-order valence-corrected chi connectivity index (χ1v) is 8.00. The molecule has 0 spiro atoms. The van der Waals surface area contributed by atoms with Crippen LogP contribution in [-0.2, 0) is 4.74 Å². The molecule has 0 amide bonds. The third kappa shape index (κ3) is 2.97. The second-order valence-corrected chi connectivity index (χ2v) is 7.08. The molecule has 166 valence electrons. The fraction of sp³-hybridized carbons (Fsp3) is 1.00. The summed E-state index contributed by atoms with van der Waals surface area (Å²) in [6, 6.07) is 0. The first-order chi connectivity index (χ1) is 12.3. The van der Waals surface area contributed by atoms with Gasteiger partial charge >= 0.3 is 30.2 Å². The van der Waals surface area contributed by atoms with Crippen molar-refractivity contribution in [2.24, 2.45) is 5.92 Å². The highest BCUT2D eigenvalue weighted by atomic mass is 19.4. The van der Waals surface area contributed by atoms with Gasteiger partial charge in [-0.05, 0) is 18.8 Å². The highest BCUT2D eigenvalue weighted by Crippen LogP contribution is 2.65. The number of halogens is 11. The van der Waals surface area contributed by atoms with Crippen molar-refractivity contribution in [3.8, 4) is 0 Å². The summed E-state index contributed by atoms with van der Waals surface area (Å²) in [4.78, 5) is 0. The Morgan fingerprint density at radius 2 is 1.18 bits per heavy atom. The Bertz CT molecular complexity index is 559. The van der Waals surface area contributed by atoms with Crippen LogP contribution < -0.4 is 0 Å². The van der Waals surface area contributed by atoms with Gasteiger partial charge in [-0.1, -0.05) is 19.3 Å². The Morgan fingerprint density at radius 3 is 1.54 bits per heavy atom. The monoisotopic (exact) mass is 440 g/mol. The maximum Gasteiger partial charge on any atom is 0.449 e. The van der Waals surface area contributed by atoms with E-state index in [1.54, 1.807) is 0 Å². The smallest absolute Gasteiger partial charge is 0.376 e. The molecule has 1 aliphatic heterocycles. The van der Waals surface area contributed by atoms with Crippen molar-refractivity contribution in [1.82, 2.24) is 0 Å². The fourth-order valence-corrected chi connectivity index (χ4v) is 3.84. The summed E-state index contributed by atoms with van der Waals surface area (Å²) in [5, 5.41) is 19.0. The van der Waals surface area contributed by atoms with Crippen LogP contribution in [0.1, 0.15) is 38.5 Å². The van der Waals surface area contributed by atoms with Crippen LogP contribution in [0.5, 0.6) is 0 Å². The fourth-order valence-electron chi connectivity index (χ4n) is 3.84. The Hall–Kier alpha value is -0.890. The Morgan fingerprint density at radius 1 is 0.714 bits per heavy atom. The number of alkyl halides is 11. The van der Waals surface area contributed by atoms with E-state index in [9.17, 15) is 58.5 Å². The van der Waals surface area contributed by atoms with Crippen LogP contribution in [-0.4, -0.2) is 51.7 Å². The third-order valence-corrected chi connectivity index (χ3v) is 5.39. The molecular weight excluding hydrogens is 425 g/mol. The first kappa shape index (κ1) is 23.4. The van der Waals surface area contributed by atoms with Gasteiger partial charge in [0.25, 0.3) is 0 Å². The van der Waals surface area contributed by atoms with Gasteiger partial charge in [-0.3, -0.25) is 0 Å². The van der Waals surface area contributed by atoms with Crippen LogP contribution in [0.4, 0.5) is 48.3 Å². The predicted molar refractivity (Wildman–Crippen MR) is 68.0 cm³/mol. The Balaban J connectivity index is 2.82. The van der Waals surface area contributed by atoms with E-state index in [4.69, 9.17) is 0 Å². The van der Waals surface area contributed by atoms with Crippen LogP contribution in [0.15, 0.2) is 0 Å². The molecule has 0 bridgehead atoms. The second-order valence-electron chi connectivity index (χ2n) is 7.08. The quantitative estimate of drug-likeness (QED) is 0.592. The third-order valence-electron chi connectivity index (χ3n) is 5.39. The molecule has 28 heavy (non-hydrogen) atoms. The minimum Gasteiger partial charge on any atom is -0.376 e. The van der Waals surface area contributed by atoms with E-state index in [0.717, 1.165) is 0 Å². The van der Waals surface area contributed by atoms with Crippen molar-refractivity contribution in [1.29, 1.82) is 0 Å². The number of aliphatic hydroxyl groups is 2. The number of hydrogen-bond donors (Lipinski definition) is 2. The molecule has 3 unspecified atom stereocenters. The van der Waals surface area contributed by atoms with Gasteiger partial charge in [0.15, 0.2) is 5.60 Å². The summed E-state index contributed by atoms with van der Waals surface area (Å²) < 4.78 is 152. The molecule has 2 aliphatic rings. The molecule has 14 heteroatoms. The molecule has 3 atom stereocenters. The van der Waals surface area contributed by atoms with E-state index in [0.29, 0.717) is 6.42 Å². The Labute approximate surface area is 150 Å². The maximum absolute atomic E-state index is 14.2. The van der Waals surface area contributed by atoms with Crippen LogP contribution in [0.25, 0.3) is 0 Å². The van der Waals surface area contributed by atoms with Gasteiger partial charge in [0.05, 0.1) is 0 Å². The topological polar surface area (TPSA) is 49.7 Å². The number of rotatable bonds is 1. The van der Waals surface area contributed by atoms with Gasteiger partial charge < -0.3 is 14.9 Å². The van der Waals surface area contributed by atoms with E-state index >= 15 is 0 Å². The molecule has 3 nitrogen and oxygen atoms in total. The molecule has 1 heterocycles. The molecule has 0 aromatic carbocycles. The van der Waals surface area contributed by atoms with Crippen molar-refractivity contribution < 1.29 is 63.2 Å². The van der Waals surface area contributed by atoms with Crippen molar-refractivity contribution in [3.63, 3.8) is 0 Å². The predicted octanol–water partition coefficient (Wildman–Crippen LogP) is 4.47. The van der Waals surface area contributed by atoms with E-state index in [-0.39, 0.29) is 12.8 Å². The molecule has 1 saturated heterocycles. The second kappa shape index (κ2) is 6.30. The van der Waals surface area contributed by atoms with E-state index in [2.05, 4.69) is 4.74 Å². The van der Waals surface area contributed by atoms with Crippen LogP contribution >= 0.6 is 0 Å². The van der Waals surface area contributed by atoms with Crippen LogP contribution in [0.2, 0.25) is 0 Å². The lowest BCUT2D eigenvalue weighted by Gasteiger charge is -2.58. The average Bonchev–Trinajstić information content (AvgIpc) is 2.50. The minimum absolute atomic E-state index is 0.0445. The lowest BCUT2D eigenvalue weighted by atomic mass is 9.66. The lowest BCUT2D eigenvalue weighted by molar-refractivity contribution is -0.542. The van der Waals surface area contributed by atoms with Crippen molar-refractivity contribution in [2.75, 3.05) is 0 Å². The van der Waals surface area contributed by atoms with E-state index < -0.39 is 66.6 Å². The van der Waals surface area contributed by atoms with Crippen molar-refractivity contribution in [2.45, 2.75) is 80.0 Å². The zero-order valence-electron chi connectivity index (χ0n) is 13.8. The molecule has 2 rings (SSSR count). The van der Waals surface area contributed by atoms with Gasteiger partial charge in [-0.2, -0.15) is 48.3 Å². The van der Waals surface area contributed by atoms with Gasteiger partial charge in [-0.25, -0.2) is 0 Å². The van der Waals surface area contributed by atoms with E-state index in [1.165, 1.54) is 0 Å². The summed E-state index contributed by atoms with van der Waals surface area (Å²) in [6.45, 7) is 0. The standard InChI is InChI=1S/C14H15F11O3/c15-10(16)9(26,13(20,21)22)6-8(12(17,18)19,7-4-2-1-3-5-7)28-11(10,27)14(23,24)25/h7,26-27H,1-6H2. The summed E-state index contributed by atoms with van der Waals surface area (Å²) in [5.41, 5.74) is -10.3. The zero-order valence-corrected chi connectivity index (χ0v) is 13.8. The highest BCUT2D eigenvalue weighted by Gasteiger charge is 2.91. The van der Waals surface area contributed by atoms with Crippen molar-refractivity contribution >= 4 is 0 Å². The molecule has 0 aromatic rings.